The van der Waals surface area contributed by atoms with Gasteiger partial charge in [0, 0.05) is 18.9 Å². The van der Waals surface area contributed by atoms with Crippen molar-refractivity contribution < 1.29 is 4.74 Å². The fraction of sp³-hybridized carbons (Fsp3) is 0.900. The minimum absolute atomic E-state index is 0. The van der Waals surface area contributed by atoms with Gasteiger partial charge in [-0.05, 0) is 37.5 Å². The van der Waals surface area contributed by atoms with Crippen LogP contribution in [0.2, 0.25) is 0 Å². The molecule has 0 spiro atoms. The molecule has 1 aliphatic carbocycles. The largest absolute Gasteiger partial charge is 0.381 e. The first-order chi connectivity index (χ1) is 10.7. The predicted octanol–water partition coefficient (Wildman–Crippen LogP) is 5.22. The molecule has 1 saturated carbocycles. The fourth-order valence-electron chi connectivity index (χ4n) is 2.13. The molecule has 142 valence electrons. The zero-order valence-corrected chi connectivity index (χ0v) is 16.5. The summed E-state index contributed by atoms with van der Waals surface area (Å²) < 4.78 is 6.80. The van der Waals surface area contributed by atoms with E-state index in [9.17, 15) is 0 Å². The van der Waals surface area contributed by atoms with Crippen LogP contribution < -0.4 is 0 Å². The standard InChI is InChI=1S/C7H13N3.C6H12O.C6H12.CH4/c1-5(2)7-8-6(3)10(4)9-7;1-5(2)6-3-7-4-6;1-5(2)6-3-4-6;/h5H,1-4H3;5-6H,3-4H2,1-2H3;5-6H,3-4H2,1-2H3;1H4. The molecule has 0 bridgehead atoms. The van der Waals surface area contributed by atoms with Crippen molar-refractivity contribution in [1.82, 2.24) is 14.8 Å². The molecule has 0 unspecified atom stereocenters. The van der Waals surface area contributed by atoms with Crippen LogP contribution in [-0.2, 0) is 11.8 Å². The lowest BCUT2D eigenvalue weighted by Gasteiger charge is -2.29. The van der Waals surface area contributed by atoms with Crippen LogP contribution in [0.25, 0.3) is 0 Å². The number of nitrogens with zero attached hydrogens (tertiary/aromatic N) is 3. The lowest BCUT2D eigenvalue weighted by Crippen LogP contribution is -2.31. The molecule has 24 heavy (non-hydrogen) atoms. The maximum atomic E-state index is 5.00. The van der Waals surface area contributed by atoms with Crippen LogP contribution in [0.15, 0.2) is 0 Å². The third-order valence-corrected chi connectivity index (χ3v) is 4.69. The van der Waals surface area contributed by atoms with Crippen LogP contribution in [0.4, 0.5) is 0 Å². The summed E-state index contributed by atoms with van der Waals surface area (Å²) in [5.41, 5.74) is 0. The average Bonchev–Trinajstić information content (AvgIpc) is 3.16. The van der Waals surface area contributed by atoms with Gasteiger partial charge in [-0.25, -0.2) is 4.98 Å². The molecule has 0 atom stereocenters. The Morgan fingerprint density at radius 2 is 1.46 bits per heavy atom. The molecular formula is C20H41N3O. The van der Waals surface area contributed by atoms with E-state index in [0.717, 1.165) is 48.5 Å². The minimum atomic E-state index is 0. The molecular weight excluding hydrogens is 298 g/mol. The molecule has 4 heteroatoms. The maximum absolute atomic E-state index is 5.00. The van der Waals surface area contributed by atoms with E-state index in [4.69, 9.17) is 4.74 Å². The van der Waals surface area contributed by atoms with Crippen LogP contribution in [0.3, 0.4) is 0 Å². The molecule has 2 aliphatic rings. The quantitative estimate of drug-likeness (QED) is 0.757. The van der Waals surface area contributed by atoms with E-state index in [1.807, 2.05) is 14.0 Å². The van der Waals surface area contributed by atoms with Crippen LogP contribution in [0.5, 0.6) is 0 Å². The molecule has 4 nitrogen and oxygen atoms in total. The smallest absolute Gasteiger partial charge is 0.153 e. The van der Waals surface area contributed by atoms with Crippen LogP contribution >= 0.6 is 0 Å². The van der Waals surface area contributed by atoms with Gasteiger partial charge < -0.3 is 4.74 Å². The van der Waals surface area contributed by atoms with Crippen molar-refractivity contribution in [1.29, 1.82) is 0 Å². The summed E-state index contributed by atoms with van der Waals surface area (Å²) in [6, 6.07) is 0. The van der Waals surface area contributed by atoms with Gasteiger partial charge in [0.05, 0.1) is 13.2 Å². The van der Waals surface area contributed by atoms with Crippen LogP contribution in [0.1, 0.15) is 79.4 Å². The Morgan fingerprint density at radius 1 is 0.958 bits per heavy atom. The maximum Gasteiger partial charge on any atom is 0.153 e. The van der Waals surface area contributed by atoms with Crippen molar-refractivity contribution in [3.8, 4) is 0 Å². The van der Waals surface area contributed by atoms with Gasteiger partial charge in [-0.2, -0.15) is 5.10 Å². The van der Waals surface area contributed by atoms with Gasteiger partial charge >= 0.3 is 0 Å². The third-order valence-electron chi connectivity index (χ3n) is 4.69. The van der Waals surface area contributed by atoms with Gasteiger partial charge in [0.1, 0.15) is 5.82 Å². The number of aryl methyl sites for hydroxylation is 2. The number of hydrogen-bond donors (Lipinski definition) is 0. The molecule has 1 aromatic rings. The number of hydrogen-bond acceptors (Lipinski definition) is 3. The van der Waals surface area contributed by atoms with E-state index in [-0.39, 0.29) is 7.43 Å². The molecule has 1 aromatic heterocycles. The van der Waals surface area contributed by atoms with Crippen molar-refractivity contribution in [2.75, 3.05) is 13.2 Å². The Labute approximate surface area is 150 Å². The highest BCUT2D eigenvalue weighted by molar-refractivity contribution is 4.94. The molecule has 1 aliphatic heterocycles. The second kappa shape index (κ2) is 10.9. The van der Waals surface area contributed by atoms with E-state index in [1.54, 1.807) is 4.68 Å². The second-order valence-corrected chi connectivity index (χ2v) is 7.92. The second-order valence-electron chi connectivity index (χ2n) is 7.92. The monoisotopic (exact) mass is 339 g/mol. The Balaban J connectivity index is 0.000000336. The topological polar surface area (TPSA) is 39.9 Å². The summed E-state index contributed by atoms with van der Waals surface area (Å²) in [6.07, 6.45) is 3.00. The van der Waals surface area contributed by atoms with Gasteiger partial charge in [-0.1, -0.05) is 49.0 Å². The van der Waals surface area contributed by atoms with Gasteiger partial charge in [-0.15, -0.1) is 0 Å². The van der Waals surface area contributed by atoms with Crippen LogP contribution in [0, 0.1) is 30.6 Å². The molecule has 3 rings (SSSR count). The number of ether oxygens (including phenoxy) is 1. The summed E-state index contributed by atoms with van der Waals surface area (Å²) in [4.78, 5) is 4.26. The Bertz CT molecular complexity index is 424. The molecule has 2 fully saturated rings. The lowest BCUT2D eigenvalue weighted by molar-refractivity contribution is -0.0534. The summed E-state index contributed by atoms with van der Waals surface area (Å²) in [7, 11) is 1.91. The molecule has 1 saturated heterocycles. The zero-order valence-electron chi connectivity index (χ0n) is 16.5. The van der Waals surface area contributed by atoms with Gasteiger partial charge in [0.2, 0.25) is 0 Å². The van der Waals surface area contributed by atoms with Gasteiger partial charge in [0.15, 0.2) is 5.82 Å². The Kier molecular flexibility index (Phi) is 10.5. The molecule has 2 heterocycles. The zero-order chi connectivity index (χ0) is 17.6. The average molecular weight is 340 g/mol. The Morgan fingerprint density at radius 3 is 1.54 bits per heavy atom. The van der Waals surface area contributed by atoms with Crippen molar-refractivity contribution in [3.63, 3.8) is 0 Å². The van der Waals surface area contributed by atoms with Gasteiger partial charge in [0.25, 0.3) is 0 Å². The highest BCUT2D eigenvalue weighted by atomic mass is 16.5. The SMILES string of the molecule is C.CC(C)C1CC1.CC(C)C1COC1.Cc1nc(C(C)C)nn1C. The van der Waals surface area contributed by atoms with Crippen molar-refractivity contribution in [3.05, 3.63) is 11.6 Å². The number of aromatic nitrogens is 3. The highest BCUT2D eigenvalue weighted by Crippen LogP contribution is 2.35. The lowest BCUT2D eigenvalue weighted by atomic mass is 9.95. The van der Waals surface area contributed by atoms with E-state index in [0.29, 0.717) is 5.92 Å². The van der Waals surface area contributed by atoms with E-state index in [1.165, 1.54) is 12.8 Å². The minimum Gasteiger partial charge on any atom is -0.381 e. The van der Waals surface area contributed by atoms with Crippen molar-refractivity contribution in [2.24, 2.45) is 30.7 Å². The molecule has 0 amide bonds. The first kappa shape index (κ1) is 23.1. The summed E-state index contributed by atoms with van der Waals surface area (Å²) in [6.45, 7) is 17.2. The number of rotatable bonds is 3. The molecule has 0 N–H and O–H groups in total. The van der Waals surface area contributed by atoms with Crippen molar-refractivity contribution in [2.45, 2.75) is 74.7 Å². The summed E-state index contributed by atoms with van der Waals surface area (Å²) in [5, 5.41) is 4.22. The molecule has 0 radical (unpaired) electrons. The van der Waals surface area contributed by atoms with Gasteiger partial charge in [-0.3, -0.25) is 4.68 Å². The fourth-order valence-corrected chi connectivity index (χ4v) is 2.13. The predicted molar refractivity (Wildman–Crippen MR) is 103 cm³/mol. The third kappa shape index (κ3) is 8.27. The van der Waals surface area contributed by atoms with Crippen LogP contribution in [-0.4, -0.2) is 28.0 Å². The summed E-state index contributed by atoms with van der Waals surface area (Å²) >= 11 is 0. The highest BCUT2D eigenvalue weighted by Gasteiger charge is 2.24. The van der Waals surface area contributed by atoms with E-state index >= 15 is 0 Å². The van der Waals surface area contributed by atoms with E-state index < -0.39 is 0 Å². The van der Waals surface area contributed by atoms with E-state index in [2.05, 4.69) is 51.6 Å². The summed E-state index contributed by atoms with van der Waals surface area (Å²) in [5.74, 6) is 6.09. The normalized spacial score (nSPS) is 16.8. The Hall–Kier alpha value is -0.900. The first-order valence-electron chi connectivity index (χ1n) is 9.17. The first-order valence-corrected chi connectivity index (χ1v) is 9.17. The van der Waals surface area contributed by atoms with Crippen molar-refractivity contribution >= 4 is 0 Å². The molecule has 0 aromatic carbocycles.